The van der Waals surface area contributed by atoms with Crippen LogP contribution in [0.4, 0.5) is 13.2 Å². The summed E-state index contributed by atoms with van der Waals surface area (Å²) in [6.07, 6.45) is -1.07. The van der Waals surface area contributed by atoms with Gasteiger partial charge in [-0.1, -0.05) is 0 Å². The lowest BCUT2D eigenvalue weighted by atomic mass is 9.97. The lowest BCUT2D eigenvalue weighted by Crippen LogP contribution is -2.56. The number of aryl methyl sites for hydroxylation is 1. The Morgan fingerprint density at radius 3 is 2.31 bits per heavy atom. The molecule has 1 saturated heterocycles. The third-order valence-electron chi connectivity index (χ3n) is 3.79. The number of carboxylic acids is 2. The van der Waals surface area contributed by atoms with Gasteiger partial charge in [-0.15, -0.1) is 0 Å². The molecule has 0 spiro atoms. The smallest absolute Gasteiger partial charge is 0.479 e. The molecule has 1 aliphatic heterocycles. The Labute approximate surface area is 146 Å². The number of hydrogen-bond donors (Lipinski definition) is 2. The average molecular weight is 381 g/mol. The van der Waals surface area contributed by atoms with Crippen LogP contribution in [0, 0.1) is 0 Å². The second-order valence-corrected chi connectivity index (χ2v) is 5.52. The van der Waals surface area contributed by atoms with Gasteiger partial charge in [0.1, 0.15) is 5.69 Å². The lowest BCUT2D eigenvalue weighted by Gasteiger charge is -2.33. The fourth-order valence-corrected chi connectivity index (χ4v) is 2.55. The maximum Gasteiger partial charge on any atom is 0.490 e. The molecule has 1 unspecified atom stereocenters. The summed E-state index contributed by atoms with van der Waals surface area (Å²) in [4.78, 5) is 38.2. The van der Waals surface area contributed by atoms with Gasteiger partial charge in [-0.05, 0) is 12.8 Å². The molecule has 0 aromatic carbocycles. The molecule has 0 bridgehead atoms. The van der Waals surface area contributed by atoms with E-state index < -0.39 is 23.7 Å². The molecule has 1 amide bonds. The monoisotopic (exact) mass is 381 g/mol. The van der Waals surface area contributed by atoms with Gasteiger partial charge in [0.15, 0.2) is 5.54 Å². The third kappa shape index (κ3) is 4.50. The van der Waals surface area contributed by atoms with Crippen molar-refractivity contribution in [3.63, 3.8) is 0 Å². The van der Waals surface area contributed by atoms with Gasteiger partial charge in [-0.2, -0.15) is 13.2 Å². The first-order valence-corrected chi connectivity index (χ1v) is 7.28. The molecule has 1 aromatic rings. The van der Waals surface area contributed by atoms with Crippen LogP contribution in [0.2, 0.25) is 0 Å². The van der Waals surface area contributed by atoms with Gasteiger partial charge < -0.3 is 24.4 Å². The summed E-state index contributed by atoms with van der Waals surface area (Å²) in [6.45, 7) is 0.408. The second-order valence-electron chi connectivity index (χ2n) is 5.52. The SMILES string of the molecule is COCC1(C(=O)O)CCCN1C(=O)c1cncn1C.O=C(O)C(F)(F)F. The van der Waals surface area contributed by atoms with Crippen LogP contribution >= 0.6 is 0 Å². The van der Waals surface area contributed by atoms with Crippen LogP contribution in [0.1, 0.15) is 23.3 Å². The highest BCUT2D eigenvalue weighted by molar-refractivity contribution is 5.97. The summed E-state index contributed by atoms with van der Waals surface area (Å²) in [7, 11) is 3.14. The van der Waals surface area contributed by atoms with Crippen molar-refractivity contribution in [1.29, 1.82) is 0 Å². The number of halogens is 3. The Hall–Kier alpha value is -2.63. The molecule has 9 nitrogen and oxygen atoms in total. The van der Waals surface area contributed by atoms with Crippen LogP contribution in [0.3, 0.4) is 0 Å². The minimum Gasteiger partial charge on any atom is -0.479 e. The van der Waals surface area contributed by atoms with Crippen molar-refractivity contribution in [2.45, 2.75) is 24.6 Å². The number of carboxylic acid groups (broad SMARTS) is 2. The van der Waals surface area contributed by atoms with E-state index in [1.54, 1.807) is 11.6 Å². The summed E-state index contributed by atoms with van der Waals surface area (Å²) in [5, 5.41) is 16.6. The lowest BCUT2D eigenvalue weighted by molar-refractivity contribution is -0.192. The van der Waals surface area contributed by atoms with Crippen LogP contribution < -0.4 is 0 Å². The number of alkyl halides is 3. The number of amides is 1. The fraction of sp³-hybridized carbons (Fsp3) is 0.571. The van der Waals surface area contributed by atoms with Crippen LogP contribution in [0.25, 0.3) is 0 Å². The number of aliphatic carboxylic acids is 2. The largest absolute Gasteiger partial charge is 0.490 e. The Morgan fingerprint density at radius 2 is 1.92 bits per heavy atom. The van der Waals surface area contributed by atoms with E-state index in [0.717, 1.165) is 0 Å². The van der Waals surface area contributed by atoms with Crippen molar-refractivity contribution in [3.8, 4) is 0 Å². The number of carbonyl (C=O) groups excluding carboxylic acids is 1. The molecule has 0 aliphatic carbocycles. The highest BCUT2D eigenvalue weighted by atomic mass is 19.4. The highest BCUT2D eigenvalue weighted by Crippen LogP contribution is 2.31. The van der Waals surface area contributed by atoms with Crippen molar-refractivity contribution >= 4 is 17.8 Å². The first kappa shape index (κ1) is 21.4. The van der Waals surface area contributed by atoms with E-state index in [1.807, 2.05) is 0 Å². The topological polar surface area (TPSA) is 122 Å². The maximum absolute atomic E-state index is 12.5. The second kappa shape index (κ2) is 8.17. The molecule has 0 saturated carbocycles. The molecular formula is C14H18F3N3O6. The summed E-state index contributed by atoms with van der Waals surface area (Å²) < 4.78 is 38.3. The van der Waals surface area contributed by atoms with Gasteiger partial charge in [0.05, 0.1) is 19.1 Å². The molecule has 0 radical (unpaired) electrons. The minimum absolute atomic E-state index is 0.00801. The van der Waals surface area contributed by atoms with E-state index in [2.05, 4.69) is 4.98 Å². The quantitative estimate of drug-likeness (QED) is 0.789. The van der Waals surface area contributed by atoms with Crippen LogP contribution in [0.5, 0.6) is 0 Å². The molecule has 1 atom stereocenters. The number of carbonyl (C=O) groups is 3. The van der Waals surface area contributed by atoms with E-state index in [0.29, 0.717) is 25.1 Å². The molecule has 1 aromatic heterocycles. The van der Waals surface area contributed by atoms with Gasteiger partial charge in [-0.25, -0.2) is 14.6 Å². The van der Waals surface area contributed by atoms with E-state index in [1.165, 1.54) is 24.5 Å². The summed E-state index contributed by atoms with van der Waals surface area (Å²) >= 11 is 0. The average Bonchev–Trinajstić information content (AvgIpc) is 3.14. The van der Waals surface area contributed by atoms with Crippen molar-refractivity contribution in [3.05, 3.63) is 18.2 Å². The number of ether oxygens (including phenoxy) is 1. The molecule has 146 valence electrons. The van der Waals surface area contributed by atoms with Gasteiger partial charge in [0.25, 0.3) is 5.91 Å². The zero-order chi connectivity index (χ0) is 20.1. The first-order valence-electron chi connectivity index (χ1n) is 7.28. The van der Waals surface area contributed by atoms with E-state index in [-0.39, 0.29) is 12.5 Å². The third-order valence-corrected chi connectivity index (χ3v) is 3.79. The molecule has 2 N–H and O–H groups in total. The molecule has 1 fully saturated rings. The zero-order valence-corrected chi connectivity index (χ0v) is 14.0. The number of aromatic nitrogens is 2. The van der Waals surface area contributed by atoms with Crippen molar-refractivity contribution in [2.24, 2.45) is 7.05 Å². The maximum atomic E-state index is 12.5. The predicted molar refractivity (Wildman–Crippen MR) is 79.4 cm³/mol. The Balaban J connectivity index is 0.000000412. The number of imidazole rings is 1. The summed E-state index contributed by atoms with van der Waals surface area (Å²) in [5.41, 5.74) is -0.889. The zero-order valence-electron chi connectivity index (χ0n) is 14.0. The van der Waals surface area contributed by atoms with Crippen LogP contribution in [-0.4, -0.2) is 74.5 Å². The number of hydrogen-bond acceptors (Lipinski definition) is 5. The van der Waals surface area contributed by atoms with Crippen molar-refractivity contribution in [1.82, 2.24) is 14.5 Å². The van der Waals surface area contributed by atoms with Gasteiger partial charge >= 0.3 is 18.1 Å². The normalized spacial score (nSPS) is 19.7. The van der Waals surface area contributed by atoms with E-state index >= 15 is 0 Å². The summed E-state index contributed by atoms with van der Waals surface area (Å²) in [6, 6.07) is 0. The minimum atomic E-state index is -5.08. The van der Waals surface area contributed by atoms with E-state index in [4.69, 9.17) is 14.6 Å². The Bertz CT molecular complexity index is 675. The standard InChI is InChI=1S/C12H17N3O4.C2HF3O2/c1-14-8-13-6-9(14)10(16)15-5-3-4-12(15,7-19-2)11(17)18;3-2(4,5)1(6)7/h6,8H,3-5,7H2,1-2H3,(H,17,18);(H,6,7). The Kier molecular flexibility index (Phi) is 6.73. The van der Waals surface area contributed by atoms with Gasteiger partial charge in [0, 0.05) is 20.7 Å². The molecule has 12 heteroatoms. The molecule has 1 aliphatic rings. The number of rotatable bonds is 4. The predicted octanol–water partition coefficient (Wildman–Crippen LogP) is 0.759. The number of likely N-dealkylation sites (tertiary alicyclic amines) is 1. The Morgan fingerprint density at radius 1 is 1.35 bits per heavy atom. The number of methoxy groups -OCH3 is 1. The van der Waals surface area contributed by atoms with Crippen LogP contribution in [-0.2, 0) is 21.4 Å². The molecule has 2 heterocycles. The van der Waals surface area contributed by atoms with Crippen LogP contribution in [0.15, 0.2) is 12.5 Å². The van der Waals surface area contributed by atoms with Gasteiger partial charge in [0.2, 0.25) is 0 Å². The molecule has 26 heavy (non-hydrogen) atoms. The highest BCUT2D eigenvalue weighted by Gasteiger charge is 2.50. The fourth-order valence-electron chi connectivity index (χ4n) is 2.55. The van der Waals surface area contributed by atoms with Crippen molar-refractivity contribution in [2.75, 3.05) is 20.3 Å². The molecular weight excluding hydrogens is 363 g/mol. The van der Waals surface area contributed by atoms with Crippen molar-refractivity contribution < 1.29 is 42.5 Å². The van der Waals surface area contributed by atoms with Gasteiger partial charge in [-0.3, -0.25) is 4.79 Å². The van der Waals surface area contributed by atoms with E-state index in [9.17, 15) is 27.9 Å². The molecule has 2 rings (SSSR count). The first-order chi connectivity index (χ1) is 12.0. The summed E-state index contributed by atoms with van der Waals surface area (Å²) in [5.74, 6) is -4.10. The number of nitrogens with zero attached hydrogens (tertiary/aromatic N) is 3.